The molecule has 7 aromatic carbocycles. The molecule has 12 aromatic rings. The van der Waals surface area contributed by atoms with Gasteiger partial charge in [-0.1, -0.05) is 84.9 Å². The van der Waals surface area contributed by atoms with E-state index in [4.69, 9.17) is 4.42 Å². The molecule has 0 bridgehead atoms. The van der Waals surface area contributed by atoms with Crippen molar-refractivity contribution in [2.24, 2.45) is 0 Å². The third-order valence-electron chi connectivity index (χ3n) is 10.1. The molecular weight excluding hydrogens is 524 g/mol. The van der Waals surface area contributed by atoms with E-state index in [1.54, 1.807) is 0 Å². The molecule has 0 aliphatic carbocycles. The van der Waals surface area contributed by atoms with Gasteiger partial charge in [-0.05, 0) is 47.2 Å². The van der Waals surface area contributed by atoms with Crippen molar-refractivity contribution in [1.82, 2.24) is 8.80 Å². The van der Waals surface area contributed by atoms with Gasteiger partial charge in [-0.2, -0.15) is 0 Å². The molecule has 0 unspecified atom stereocenters. The van der Waals surface area contributed by atoms with Crippen LogP contribution in [0.3, 0.4) is 0 Å². The predicted octanol–water partition coefficient (Wildman–Crippen LogP) is 11.0. The first-order chi connectivity index (χ1) is 21.3. The molecule has 0 amide bonds. The second-order valence-corrected chi connectivity index (χ2v) is 12.1. The van der Waals surface area contributed by atoms with Gasteiger partial charge in [-0.3, -0.25) is 0 Å². The van der Waals surface area contributed by atoms with E-state index in [9.17, 15) is 0 Å². The van der Waals surface area contributed by atoms with Gasteiger partial charge in [0.05, 0.1) is 33.1 Å². The van der Waals surface area contributed by atoms with Gasteiger partial charge in [0.2, 0.25) is 0 Å². The summed E-state index contributed by atoms with van der Waals surface area (Å²) in [5.74, 6) is 0. The standard InChI is InChI=1S/C40H20N2O/c1-2-9-22-21(8-1)18-30-27-16-17-28-24-11-4-6-15-35(24)43-40(28)39(27)42-34-20-33-29(19-31(34)36(22)38(30)42)26-13-7-12-25-23-10-3-5-14-32(23)41(33)37(25)26/h1-20H. The van der Waals surface area contributed by atoms with Crippen molar-refractivity contribution in [1.29, 1.82) is 0 Å². The summed E-state index contributed by atoms with van der Waals surface area (Å²) in [6.45, 7) is 0. The van der Waals surface area contributed by atoms with Crippen LogP contribution < -0.4 is 0 Å². The predicted molar refractivity (Wildman–Crippen MR) is 181 cm³/mol. The monoisotopic (exact) mass is 544 g/mol. The number of hydrogen-bond donors (Lipinski definition) is 0. The molecule has 3 heteroatoms. The first-order valence-corrected chi connectivity index (χ1v) is 14.9. The van der Waals surface area contributed by atoms with E-state index in [1.165, 1.54) is 81.4 Å². The van der Waals surface area contributed by atoms with E-state index >= 15 is 0 Å². The number of para-hydroxylation sites is 3. The molecule has 0 aliphatic rings. The third-order valence-corrected chi connectivity index (χ3v) is 10.1. The molecule has 5 aromatic heterocycles. The van der Waals surface area contributed by atoms with Crippen LogP contribution in [0.15, 0.2) is 126 Å². The van der Waals surface area contributed by atoms with Crippen molar-refractivity contribution in [3.8, 4) is 0 Å². The lowest BCUT2D eigenvalue weighted by Crippen LogP contribution is -1.84. The first kappa shape index (κ1) is 21.0. The van der Waals surface area contributed by atoms with Gasteiger partial charge in [0, 0.05) is 53.9 Å². The van der Waals surface area contributed by atoms with E-state index < -0.39 is 0 Å². The summed E-state index contributed by atoms with van der Waals surface area (Å²) in [5, 5.41) is 15.2. The molecule has 0 N–H and O–H groups in total. The summed E-state index contributed by atoms with van der Waals surface area (Å²) >= 11 is 0. The van der Waals surface area contributed by atoms with E-state index in [-0.39, 0.29) is 0 Å². The molecule has 0 spiro atoms. The van der Waals surface area contributed by atoms with Gasteiger partial charge in [-0.25, -0.2) is 0 Å². The Morgan fingerprint density at radius 2 is 1.07 bits per heavy atom. The zero-order valence-electron chi connectivity index (χ0n) is 22.8. The van der Waals surface area contributed by atoms with Crippen LogP contribution in [-0.4, -0.2) is 8.80 Å². The molecule has 0 atom stereocenters. The fourth-order valence-corrected chi connectivity index (χ4v) is 8.46. The van der Waals surface area contributed by atoms with Gasteiger partial charge < -0.3 is 13.2 Å². The summed E-state index contributed by atoms with van der Waals surface area (Å²) in [4.78, 5) is 0. The van der Waals surface area contributed by atoms with Gasteiger partial charge in [-0.15, -0.1) is 0 Å². The highest BCUT2D eigenvalue weighted by Gasteiger charge is 2.25. The van der Waals surface area contributed by atoms with Gasteiger partial charge in [0.1, 0.15) is 5.58 Å². The normalized spacial score (nSPS) is 13.1. The Kier molecular flexibility index (Phi) is 3.32. The largest absolute Gasteiger partial charge is 0.454 e. The minimum Gasteiger partial charge on any atom is -0.454 e. The quantitative estimate of drug-likeness (QED) is 0.186. The van der Waals surface area contributed by atoms with Crippen molar-refractivity contribution in [3.63, 3.8) is 0 Å². The van der Waals surface area contributed by atoms with Gasteiger partial charge in [0.15, 0.2) is 5.58 Å². The molecule has 43 heavy (non-hydrogen) atoms. The Morgan fingerprint density at radius 3 is 2.00 bits per heavy atom. The first-order valence-electron chi connectivity index (χ1n) is 14.9. The summed E-state index contributed by atoms with van der Waals surface area (Å²) in [5.41, 5.74) is 9.34. The lowest BCUT2D eigenvalue weighted by atomic mass is 9.99. The second kappa shape index (κ2) is 6.80. The Balaban J connectivity index is 1.42. The highest BCUT2D eigenvalue weighted by atomic mass is 16.3. The number of fused-ring (bicyclic) bond motifs is 18. The second-order valence-electron chi connectivity index (χ2n) is 12.1. The minimum absolute atomic E-state index is 0.928. The number of rotatable bonds is 0. The fraction of sp³-hybridized carbons (Fsp3) is 0. The SMILES string of the molecule is c1ccc2c(c1)cc1c3ccc4c5ccccc5oc4c3n3c4cc5c(cc4c2c13)c1cccc2c3ccccc3n5c21. The van der Waals surface area contributed by atoms with Gasteiger partial charge in [0.25, 0.3) is 0 Å². The van der Waals surface area contributed by atoms with Crippen LogP contribution in [0.1, 0.15) is 0 Å². The van der Waals surface area contributed by atoms with Gasteiger partial charge >= 0.3 is 0 Å². The van der Waals surface area contributed by atoms with Crippen LogP contribution in [0, 0.1) is 0 Å². The van der Waals surface area contributed by atoms with Crippen LogP contribution in [0.2, 0.25) is 0 Å². The Morgan fingerprint density at radius 1 is 0.372 bits per heavy atom. The highest BCUT2D eigenvalue weighted by Crippen LogP contribution is 2.48. The Labute approximate surface area is 243 Å². The average molecular weight is 545 g/mol. The van der Waals surface area contributed by atoms with Crippen molar-refractivity contribution >= 4 is 109 Å². The van der Waals surface area contributed by atoms with E-state index in [2.05, 4.69) is 130 Å². The molecule has 196 valence electrons. The van der Waals surface area contributed by atoms with Crippen LogP contribution in [0.25, 0.3) is 109 Å². The maximum Gasteiger partial charge on any atom is 0.160 e. The molecule has 3 nitrogen and oxygen atoms in total. The highest BCUT2D eigenvalue weighted by molar-refractivity contribution is 6.35. The summed E-state index contributed by atoms with van der Waals surface area (Å²) in [6, 6.07) is 44.6. The van der Waals surface area contributed by atoms with Crippen LogP contribution in [-0.2, 0) is 0 Å². The number of hydrogen-bond acceptors (Lipinski definition) is 1. The van der Waals surface area contributed by atoms with Crippen molar-refractivity contribution < 1.29 is 4.42 Å². The van der Waals surface area contributed by atoms with E-state index in [0.29, 0.717) is 0 Å². The Bertz CT molecular complexity index is 3170. The smallest absolute Gasteiger partial charge is 0.160 e. The summed E-state index contributed by atoms with van der Waals surface area (Å²) in [7, 11) is 0. The number of furan rings is 1. The number of aromatic nitrogens is 2. The average Bonchev–Trinajstić information content (AvgIpc) is 3.84. The van der Waals surface area contributed by atoms with E-state index in [0.717, 1.165) is 27.5 Å². The molecule has 5 heterocycles. The molecule has 0 saturated carbocycles. The third kappa shape index (κ3) is 2.22. The molecule has 0 aliphatic heterocycles. The topological polar surface area (TPSA) is 22.0 Å². The summed E-state index contributed by atoms with van der Waals surface area (Å²) < 4.78 is 11.7. The van der Waals surface area contributed by atoms with Crippen LogP contribution in [0.4, 0.5) is 0 Å². The van der Waals surface area contributed by atoms with Crippen molar-refractivity contribution in [2.75, 3.05) is 0 Å². The molecule has 0 fully saturated rings. The van der Waals surface area contributed by atoms with Crippen molar-refractivity contribution in [3.05, 3.63) is 121 Å². The molecule has 0 radical (unpaired) electrons. The number of nitrogens with zero attached hydrogens (tertiary/aromatic N) is 2. The zero-order valence-corrected chi connectivity index (χ0v) is 22.8. The lowest BCUT2D eigenvalue weighted by Gasteiger charge is -2.04. The summed E-state index contributed by atoms with van der Waals surface area (Å²) in [6.07, 6.45) is 0. The number of benzene rings is 7. The minimum atomic E-state index is 0.928. The maximum absolute atomic E-state index is 6.68. The van der Waals surface area contributed by atoms with E-state index in [1.807, 2.05) is 0 Å². The maximum atomic E-state index is 6.68. The Hall–Kier alpha value is -5.80. The molecular formula is C40H20N2O. The van der Waals surface area contributed by atoms with Crippen molar-refractivity contribution in [2.45, 2.75) is 0 Å². The van der Waals surface area contributed by atoms with Crippen LogP contribution in [0.5, 0.6) is 0 Å². The fourth-order valence-electron chi connectivity index (χ4n) is 8.46. The molecule has 0 saturated heterocycles. The zero-order chi connectivity index (χ0) is 27.6. The molecule has 12 rings (SSSR count). The van der Waals surface area contributed by atoms with Crippen LogP contribution >= 0.6 is 0 Å². The lowest BCUT2D eigenvalue weighted by molar-refractivity contribution is 0.671.